The van der Waals surface area contributed by atoms with Crippen molar-refractivity contribution in [1.29, 1.82) is 0 Å². The van der Waals surface area contributed by atoms with Crippen LogP contribution in [0.5, 0.6) is 17.2 Å². The molecule has 0 aliphatic heterocycles. The van der Waals surface area contributed by atoms with Crippen molar-refractivity contribution in [2.24, 2.45) is 5.73 Å². The van der Waals surface area contributed by atoms with E-state index in [-0.39, 0.29) is 24.9 Å². The number of carbonyl (C=O) groups is 1. The minimum absolute atomic E-state index is 0. The molecule has 0 saturated heterocycles. The highest BCUT2D eigenvalue weighted by molar-refractivity contribution is 6.05. The summed E-state index contributed by atoms with van der Waals surface area (Å²) in [5, 5.41) is 0. The molecule has 8 heteroatoms. The van der Waals surface area contributed by atoms with Gasteiger partial charge in [0.2, 0.25) is 5.75 Å². The molecule has 1 heterocycles. The SMILES string of the molecule is COc1cc(N(C)C(=O)c2coc(CN)c2)cc(OC)c1OC.Cl. The molecule has 24 heavy (non-hydrogen) atoms. The first-order valence-corrected chi connectivity index (χ1v) is 6.91. The molecule has 1 amide bonds. The third kappa shape index (κ3) is 3.74. The Bertz CT molecular complexity index is 677. The van der Waals surface area contributed by atoms with Crippen molar-refractivity contribution in [2.75, 3.05) is 33.3 Å². The van der Waals surface area contributed by atoms with Crippen molar-refractivity contribution in [1.82, 2.24) is 0 Å². The van der Waals surface area contributed by atoms with Gasteiger partial charge in [-0.1, -0.05) is 0 Å². The highest BCUT2D eigenvalue weighted by Crippen LogP contribution is 2.41. The third-order valence-corrected chi connectivity index (χ3v) is 3.44. The molecule has 2 rings (SSSR count). The van der Waals surface area contributed by atoms with Crippen LogP contribution >= 0.6 is 12.4 Å². The fourth-order valence-corrected chi connectivity index (χ4v) is 2.17. The summed E-state index contributed by atoms with van der Waals surface area (Å²) in [5.41, 5.74) is 6.51. The molecule has 2 N–H and O–H groups in total. The number of rotatable bonds is 6. The standard InChI is InChI=1S/C16H20N2O5.ClH/c1-18(16(19)10-5-12(8-17)23-9-10)11-6-13(20-2)15(22-4)14(7-11)21-3;/h5-7,9H,8,17H2,1-4H3;1H. The zero-order valence-corrected chi connectivity index (χ0v) is 14.8. The predicted octanol–water partition coefficient (Wildman–Crippen LogP) is 2.46. The zero-order chi connectivity index (χ0) is 17.0. The Labute approximate surface area is 146 Å². The molecule has 0 unspecified atom stereocenters. The molecular formula is C16H21ClN2O5. The molecule has 0 aliphatic rings. The summed E-state index contributed by atoms with van der Waals surface area (Å²) in [6.07, 6.45) is 1.39. The molecule has 0 atom stereocenters. The van der Waals surface area contributed by atoms with Crippen LogP contribution < -0.4 is 24.8 Å². The zero-order valence-electron chi connectivity index (χ0n) is 14.0. The number of furan rings is 1. The Balaban J connectivity index is 0.00000288. The van der Waals surface area contributed by atoms with E-state index in [2.05, 4.69) is 0 Å². The molecule has 1 aromatic heterocycles. The van der Waals surface area contributed by atoms with Crippen LogP contribution in [0.25, 0.3) is 0 Å². The van der Waals surface area contributed by atoms with E-state index in [1.165, 1.54) is 32.5 Å². The van der Waals surface area contributed by atoms with Crippen LogP contribution in [-0.4, -0.2) is 34.3 Å². The van der Waals surface area contributed by atoms with Crippen molar-refractivity contribution in [3.8, 4) is 17.2 Å². The van der Waals surface area contributed by atoms with Crippen molar-refractivity contribution >= 4 is 24.0 Å². The molecule has 7 nitrogen and oxygen atoms in total. The molecular weight excluding hydrogens is 336 g/mol. The number of carbonyl (C=O) groups excluding carboxylic acids is 1. The van der Waals surface area contributed by atoms with Crippen LogP contribution in [0.3, 0.4) is 0 Å². The van der Waals surface area contributed by atoms with Gasteiger partial charge in [0.05, 0.1) is 39.1 Å². The van der Waals surface area contributed by atoms with Gasteiger partial charge in [0, 0.05) is 19.2 Å². The monoisotopic (exact) mass is 356 g/mol. The molecule has 0 aliphatic carbocycles. The highest BCUT2D eigenvalue weighted by atomic mass is 35.5. The molecule has 0 radical (unpaired) electrons. The lowest BCUT2D eigenvalue weighted by molar-refractivity contribution is 0.0992. The normalized spacial score (nSPS) is 9.88. The minimum Gasteiger partial charge on any atom is -0.493 e. The Morgan fingerprint density at radius 1 is 1.12 bits per heavy atom. The van der Waals surface area contributed by atoms with Crippen molar-refractivity contribution in [2.45, 2.75) is 6.54 Å². The van der Waals surface area contributed by atoms with Gasteiger partial charge in [0.1, 0.15) is 12.0 Å². The van der Waals surface area contributed by atoms with Crippen LogP contribution in [0.2, 0.25) is 0 Å². The highest BCUT2D eigenvalue weighted by Gasteiger charge is 2.20. The maximum Gasteiger partial charge on any atom is 0.261 e. The number of nitrogens with zero attached hydrogens (tertiary/aromatic N) is 1. The lowest BCUT2D eigenvalue weighted by Crippen LogP contribution is -2.25. The number of hydrogen-bond acceptors (Lipinski definition) is 6. The fourth-order valence-electron chi connectivity index (χ4n) is 2.17. The van der Waals surface area contributed by atoms with E-state index < -0.39 is 0 Å². The summed E-state index contributed by atoms with van der Waals surface area (Å²) in [4.78, 5) is 14.0. The average molecular weight is 357 g/mol. The fraction of sp³-hybridized carbons (Fsp3) is 0.312. The Morgan fingerprint density at radius 2 is 1.71 bits per heavy atom. The maximum absolute atomic E-state index is 12.5. The van der Waals surface area contributed by atoms with E-state index in [4.69, 9.17) is 24.4 Å². The second-order valence-electron chi connectivity index (χ2n) is 4.75. The lowest BCUT2D eigenvalue weighted by atomic mass is 10.2. The van der Waals surface area contributed by atoms with Crippen LogP contribution in [0.15, 0.2) is 28.9 Å². The molecule has 0 fully saturated rings. The van der Waals surface area contributed by atoms with E-state index in [0.29, 0.717) is 34.3 Å². The number of halogens is 1. The molecule has 1 aromatic carbocycles. The Kier molecular flexibility index (Phi) is 6.94. The van der Waals surface area contributed by atoms with Gasteiger partial charge in [-0.2, -0.15) is 0 Å². The van der Waals surface area contributed by atoms with Gasteiger partial charge < -0.3 is 29.3 Å². The van der Waals surface area contributed by atoms with E-state index in [9.17, 15) is 4.79 Å². The first-order chi connectivity index (χ1) is 11.0. The predicted molar refractivity (Wildman–Crippen MR) is 92.7 cm³/mol. The summed E-state index contributed by atoms with van der Waals surface area (Å²) in [6, 6.07) is 5.02. The van der Waals surface area contributed by atoms with Gasteiger partial charge in [-0.05, 0) is 6.07 Å². The smallest absolute Gasteiger partial charge is 0.261 e. The molecule has 0 saturated carbocycles. The number of benzene rings is 1. The molecule has 0 spiro atoms. The quantitative estimate of drug-likeness (QED) is 0.855. The number of amides is 1. The first kappa shape index (κ1) is 19.7. The lowest BCUT2D eigenvalue weighted by Gasteiger charge is -2.20. The van der Waals surface area contributed by atoms with Gasteiger partial charge in [0.25, 0.3) is 5.91 Å². The Morgan fingerprint density at radius 3 is 2.12 bits per heavy atom. The van der Waals surface area contributed by atoms with Gasteiger partial charge in [-0.15, -0.1) is 12.4 Å². The van der Waals surface area contributed by atoms with E-state index in [1.807, 2.05) is 0 Å². The van der Waals surface area contributed by atoms with E-state index in [0.717, 1.165) is 0 Å². The molecule has 0 bridgehead atoms. The van der Waals surface area contributed by atoms with Gasteiger partial charge in [0.15, 0.2) is 11.5 Å². The second kappa shape index (κ2) is 8.47. The topological polar surface area (TPSA) is 87.2 Å². The second-order valence-corrected chi connectivity index (χ2v) is 4.75. The van der Waals surface area contributed by atoms with Crippen LogP contribution in [-0.2, 0) is 6.54 Å². The van der Waals surface area contributed by atoms with Crippen molar-refractivity contribution in [3.05, 3.63) is 35.8 Å². The first-order valence-electron chi connectivity index (χ1n) is 6.91. The van der Waals surface area contributed by atoms with Gasteiger partial charge in [-0.25, -0.2) is 0 Å². The van der Waals surface area contributed by atoms with Gasteiger partial charge >= 0.3 is 0 Å². The van der Waals surface area contributed by atoms with Crippen LogP contribution in [0, 0.1) is 0 Å². The van der Waals surface area contributed by atoms with Crippen molar-refractivity contribution < 1.29 is 23.4 Å². The van der Waals surface area contributed by atoms with Gasteiger partial charge in [-0.3, -0.25) is 4.79 Å². The van der Waals surface area contributed by atoms with E-state index in [1.54, 1.807) is 25.2 Å². The Hall–Kier alpha value is -2.38. The third-order valence-electron chi connectivity index (χ3n) is 3.44. The number of ether oxygens (including phenoxy) is 3. The number of hydrogen-bond donors (Lipinski definition) is 1. The minimum atomic E-state index is -0.234. The summed E-state index contributed by atoms with van der Waals surface area (Å²) < 4.78 is 21.1. The number of nitrogens with two attached hydrogens (primary N) is 1. The van der Waals surface area contributed by atoms with Crippen LogP contribution in [0.4, 0.5) is 5.69 Å². The van der Waals surface area contributed by atoms with Crippen LogP contribution in [0.1, 0.15) is 16.1 Å². The van der Waals surface area contributed by atoms with Crippen molar-refractivity contribution in [3.63, 3.8) is 0 Å². The number of methoxy groups -OCH3 is 3. The molecule has 132 valence electrons. The summed E-state index contributed by atoms with van der Waals surface area (Å²) in [6.45, 7) is 0.237. The summed E-state index contributed by atoms with van der Waals surface area (Å²) >= 11 is 0. The largest absolute Gasteiger partial charge is 0.493 e. The number of anilines is 1. The van der Waals surface area contributed by atoms with E-state index >= 15 is 0 Å². The average Bonchev–Trinajstić information content (AvgIpc) is 3.08. The summed E-state index contributed by atoms with van der Waals surface area (Å²) in [5.74, 6) is 1.72. The maximum atomic E-state index is 12.5. The summed E-state index contributed by atoms with van der Waals surface area (Å²) in [7, 11) is 6.21. The molecule has 2 aromatic rings.